The number of nitrogens with two attached hydrogens (primary N) is 2. The van der Waals surface area contributed by atoms with Crippen LogP contribution >= 0.6 is 0 Å². The fraction of sp³-hybridized carbons (Fsp3) is 0.176. The number of rotatable bonds is 0. The monoisotopic (exact) mass is 407 g/mol. The van der Waals surface area contributed by atoms with E-state index in [1.165, 1.54) is 0 Å². The summed E-state index contributed by atoms with van der Waals surface area (Å²) in [5.74, 6) is -2.76. The number of halogens is 6. The summed E-state index contributed by atoms with van der Waals surface area (Å²) >= 11 is 0. The van der Waals surface area contributed by atoms with Gasteiger partial charge in [-0.3, -0.25) is 0 Å². The molecule has 2 aromatic carbocycles. The van der Waals surface area contributed by atoms with E-state index in [0.717, 1.165) is 0 Å². The number of fused-ring (bicyclic) bond motifs is 1. The average molecular weight is 407 g/mol. The summed E-state index contributed by atoms with van der Waals surface area (Å²) in [5.41, 5.74) is 12.5. The predicted octanol–water partition coefficient (Wildman–Crippen LogP) is 4.36. The minimum atomic E-state index is -5.08. The van der Waals surface area contributed by atoms with E-state index < -0.39 is 24.0 Å². The van der Waals surface area contributed by atoms with Gasteiger partial charge in [0, 0.05) is 6.42 Å². The number of alkyl halides is 6. The Morgan fingerprint density at radius 2 is 1.32 bits per heavy atom. The maximum absolute atomic E-state index is 12.2. The summed E-state index contributed by atoms with van der Waals surface area (Å²) in [7, 11) is 0. The summed E-state index contributed by atoms with van der Waals surface area (Å²) in [6, 6.07) is 13.9. The Morgan fingerprint density at radius 3 is 1.68 bits per heavy atom. The van der Waals surface area contributed by atoms with E-state index in [9.17, 15) is 26.3 Å². The molecule has 0 bridgehead atoms. The molecule has 1 heterocycles. The summed E-state index contributed by atoms with van der Waals surface area (Å²) in [6.45, 7) is 0. The standard InChI is InChI=1S/C9H6F3N.C6H8N2.C2HF3O2/c10-9(11,12)8-5-6-3-1-2-4-7(6)13-8;7-5-3-1-2-4-6(5)8;3-2(4,5)1(6)7/h1-4H,5H2;1-4H,7-8H2;(H,6,7). The number of nitrogens with zero attached hydrogens (tertiary/aromatic N) is 1. The van der Waals surface area contributed by atoms with E-state index in [-0.39, 0.29) is 6.42 Å². The second kappa shape index (κ2) is 9.11. The van der Waals surface area contributed by atoms with Crippen molar-refractivity contribution in [2.24, 2.45) is 4.99 Å². The van der Waals surface area contributed by atoms with E-state index in [1.54, 1.807) is 36.4 Å². The van der Waals surface area contributed by atoms with E-state index in [0.29, 0.717) is 22.6 Å². The zero-order chi connectivity index (χ0) is 21.5. The third-order valence-electron chi connectivity index (χ3n) is 3.17. The van der Waals surface area contributed by atoms with Crippen LogP contribution in [-0.2, 0) is 11.2 Å². The first kappa shape index (κ1) is 22.8. The first-order chi connectivity index (χ1) is 12.8. The molecule has 5 N–H and O–H groups in total. The van der Waals surface area contributed by atoms with Gasteiger partial charge < -0.3 is 16.6 Å². The lowest BCUT2D eigenvalue weighted by atomic mass is 10.1. The van der Waals surface area contributed by atoms with Crippen molar-refractivity contribution in [3.8, 4) is 0 Å². The number of hydrogen-bond donors (Lipinski definition) is 3. The minimum Gasteiger partial charge on any atom is -0.475 e. The van der Waals surface area contributed by atoms with Crippen LogP contribution < -0.4 is 11.5 Å². The number of anilines is 2. The highest BCUT2D eigenvalue weighted by molar-refractivity contribution is 5.97. The lowest BCUT2D eigenvalue weighted by Gasteiger charge is -2.03. The van der Waals surface area contributed by atoms with Crippen LogP contribution in [0.3, 0.4) is 0 Å². The molecule has 2 aromatic rings. The maximum Gasteiger partial charge on any atom is 0.490 e. The Hall–Kier alpha value is -3.24. The molecule has 0 radical (unpaired) electrons. The summed E-state index contributed by atoms with van der Waals surface area (Å²) in [4.78, 5) is 12.4. The van der Waals surface area contributed by atoms with Crippen molar-refractivity contribution >= 4 is 28.7 Å². The first-order valence-electron chi connectivity index (χ1n) is 7.45. The zero-order valence-corrected chi connectivity index (χ0v) is 14.1. The number of hydrogen-bond acceptors (Lipinski definition) is 4. The van der Waals surface area contributed by atoms with Crippen LogP contribution in [0.4, 0.5) is 43.4 Å². The highest BCUT2D eigenvalue weighted by Crippen LogP contribution is 2.32. The zero-order valence-electron chi connectivity index (χ0n) is 14.1. The van der Waals surface area contributed by atoms with Crippen molar-refractivity contribution in [1.82, 2.24) is 0 Å². The molecule has 0 spiro atoms. The molecule has 1 aliphatic rings. The number of aliphatic carboxylic acids is 1. The molecule has 0 atom stereocenters. The molecule has 0 saturated heterocycles. The Balaban J connectivity index is 0.000000227. The van der Waals surface area contributed by atoms with Gasteiger partial charge in [-0.15, -0.1) is 0 Å². The van der Waals surface area contributed by atoms with Gasteiger partial charge in [-0.25, -0.2) is 9.79 Å². The van der Waals surface area contributed by atoms with Gasteiger partial charge in [-0.05, 0) is 23.8 Å². The highest BCUT2D eigenvalue weighted by Gasteiger charge is 2.38. The molecule has 152 valence electrons. The fourth-order valence-corrected chi connectivity index (χ4v) is 1.81. The maximum atomic E-state index is 12.2. The SMILES string of the molecule is FC(F)(F)C1=Nc2ccccc2C1.Nc1ccccc1N.O=C(O)C(F)(F)F. The Kier molecular flexibility index (Phi) is 7.42. The van der Waals surface area contributed by atoms with Crippen molar-refractivity contribution in [3.63, 3.8) is 0 Å². The van der Waals surface area contributed by atoms with Crippen molar-refractivity contribution in [1.29, 1.82) is 0 Å². The van der Waals surface area contributed by atoms with E-state index in [1.807, 2.05) is 12.1 Å². The quantitative estimate of drug-likeness (QED) is 0.446. The molecule has 0 unspecified atom stereocenters. The van der Waals surface area contributed by atoms with Gasteiger partial charge in [0.05, 0.1) is 17.1 Å². The molecule has 0 saturated carbocycles. The molecular weight excluding hydrogens is 392 g/mol. The molecule has 0 fully saturated rings. The van der Waals surface area contributed by atoms with Crippen LogP contribution in [0.2, 0.25) is 0 Å². The lowest BCUT2D eigenvalue weighted by molar-refractivity contribution is -0.192. The lowest BCUT2D eigenvalue weighted by Crippen LogP contribution is -2.22. The molecule has 0 aromatic heterocycles. The van der Waals surface area contributed by atoms with E-state index in [2.05, 4.69) is 4.99 Å². The first-order valence-corrected chi connectivity index (χ1v) is 7.45. The van der Waals surface area contributed by atoms with Crippen LogP contribution in [-0.4, -0.2) is 29.1 Å². The highest BCUT2D eigenvalue weighted by atomic mass is 19.4. The number of nitrogen functional groups attached to an aromatic ring is 2. The summed E-state index contributed by atoms with van der Waals surface area (Å²) in [6.07, 6.45) is -9.47. The van der Waals surface area contributed by atoms with Gasteiger partial charge in [-0.1, -0.05) is 30.3 Å². The van der Waals surface area contributed by atoms with Gasteiger partial charge >= 0.3 is 18.3 Å². The molecule has 11 heteroatoms. The molecule has 5 nitrogen and oxygen atoms in total. The van der Waals surface area contributed by atoms with Crippen LogP contribution in [0.1, 0.15) is 5.56 Å². The number of para-hydroxylation sites is 3. The van der Waals surface area contributed by atoms with Crippen molar-refractivity contribution in [3.05, 3.63) is 54.1 Å². The molecule has 0 amide bonds. The van der Waals surface area contributed by atoms with Crippen molar-refractivity contribution in [2.45, 2.75) is 18.8 Å². The molecule has 28 heavy (non-hydrogen) atoms. The molecule has 3 rings (SSSR count). The number of carbonyl (C=O) groups is 1. The predicted molar refractivity (Wildman–Crippen MR) is 92.3 cm³/mol. The number of carboxylic acid groups (broad SMARTS) is 1. The second-order valence-corrected chi connectivity index (χ2v) is 5.29. The number of benzene rings is 2. The Morgan fingerprint density at radius 1 is 0.893 bits per heavy atom. The second-order valence-electron chi connectivity index (χ2n) is 5.29. The van der Waals surface area contributed by atoms with Gasteiger partial charge in [-0.2, -0.15) is 26.3 Å². The van der Waals surface area contributed by atoms with Crippen LogP contribution in [0.15, 0.2) is 53.5 Å². The van der Waals surface area contributed by atoms with Gasteiger partial charge in [0.25, 0.3) is 0 Å². The average Bonchev–Trinajstić information content (AvgIpc) is 3.02. The fourth-order valence-electron chi connectivity index (χ4n) is 1.81. The topological polar surface area (TPSA) is 102 Å². The normalized spacial score (nSPS) is 12.6. The number of aliphatic imine (C=N–C) groups is 1. The summed E-state index contributed by atoms with van der Waals surface area (Å²) < 4.78 is 68.3. The van der Waals surface area contributed by atoms with Gasteiger partial charge in [0.1, 0.15) is 5.71 Å². The molecular formula is C17H15F6N3O2. The van der Waals surface area contributed by atoms with Crippen LogP contribution in [0, 0.1) is 0 Å². The van der Waals surface area contributed by atoms with Crippen LogP contribution in [0.5, 0.6) is 0 Å². The van der Waals surface area contributed by atoms with E-state index >= 15 is 0 Å². The third kappa shape index (κ3) is 7.17. The van der Waals surface area contributed by atoms with Gasteiger partial charge in [0.2, 0.25) is 0 Å². The molecule has 1 aliphatic heterocycles. The minimum absolute atomic E-state index is 0.0975. The smallest absolute Gasteiger partial charge is 0.475 e. The van der Waals surface area contributed by atoms with Crippen LogP contribution in [0.25, 0.3) is 0 Å². The van der Waals surface area contributed by atoms with Gasteiger partial charge in [0.15, 0.2) is 0 Å². The Labute approximate surface area is 155 Å². The van der Waals surface area contributed by atoms with Crippen molar-refractivity contribution in [2.75, 3.05) is 11.5 Å². The third-order valence-corrected chi connectivity index (χ3v) is 3.17. The molecule has 0 aliphatic carbocycles. The van der Waals surface area contributed by atoms with E-state index in [4.69, 9.17) is 21.4 Å². The number of carboxylic acids is 1. The largest absolute Gasteiger partial charge is 0.490 e. The summed E-state index contributed by atoms with van der Waals surface area (Å²) in [5, 5.41) is 7.12. The Bertz CT molecular complexity index is 826. The van der Waals surface area contributed by atoms with Crippen molar-refractivity contribution < 1.29 is 36.2 Å².